The monoisotopic (exact) mass is 317 g/mol. The predicted octanol–water partition coefficient (Wildman–Crippen LogP) is 0.236. The predicted molar refractivity (Wildman–Crippen MR) is 79.4 cm³/mol. The van der Waals surface area contributed by atoms with Gasteiger partial charge in [0.25, 0.3) is 0 Å². The summed E-state index contributed by atoms with van der Waals surface area (Å²) in [7, 11) is 1.90. The van der Waals surface area contributed by atoms with Gasteiger partial charge in [-0.3, -0.25) is 9.69 Å². The molecule has 5 rings (SSSR count). The maximum absolute atomic E-state index is 12.5. The van der Waals surface area contributed by atoms with E-state index in [1.165, 1.54) is 6.07 Å². The van der Waals surface area contributed by atoms with Crippen molar-refractivity contribution in [3.05, 3.63) is 23.3 Å². The Balaban J connectivity index is 1.91. The normalized spacial score (nSPS) is 44.0. The van der Waals surface area contributed by atoms with Crippen molar-refractivity contribution in [1.29, 1.82) is 0 Å². The Bertz CT molecular complexity index is 749. The second kappa shape index (κ2) is 3.88. The van der Waals surface area contributed by atoms with Crippen LogP contribution in [0.1, 0.15) is 36.5 Å². The molecule has 1 saturated carbocycles. The van der Waals surface area contributed by atoms with E-state index in [1.807, 2.05) is 11.9 Å². The quantitative estimate of drug-likeness (QED) is 0.635. The van der Waals surface area contributed by atoms with Gasteiger partial charge in [-0.25, -0.2) is 0 Å². The van der Waals surface area contributed by atoms with Crippen LogP contribution in [0.4, 0.5) is 0 Å². The number of nitrogens with zero attached hydrogens (tertiary/aromatic N) is 1. The summed E-state index contributed by atoms with van der Waals surface area (Å²) in [5, 5.41) is 32.8. The number of likely N-dealkylation sites (N-methyl/N-ethyl adjacent to an activating group) is 1. The molecule has 4 aliphatic rings. The second-order valence-electron chi connectivity index (χ2n) is 7.36. The molecule has 6 heteroatoms. The minimum Gasteiger partial charge on any atom is -0.504 e. The molecule has 6 nitrogen and oxygen atoms in total. The molecule has 122 valence electrons. The highest BCUT2D eigenvalue weighted by molar-refractivity contribution is 5.90. The van der Waals surface area contributed by atoms with E-state index in [0.29, 0.717) is 30.5 Å². The zero-order valence-electron chi connectivity index (χ0n) is 12.8. The number of benzene rings is 1. The molecule has 2 heterocycles. The van der Waals surface area contributed by atoms with Gasteiger partial charge < -0.3 is 20.1 Å². The van der Waals surface area contributed by atoms with Crippen LogP contribution >= 0.6 is 0 Å². The highest BCUT2D eigenvalue weighted by atomic mass is 16.5. The lowest BCUT2D eigenvalue weighted by Crippen LogP contribution is -2.76. The SMILES string of the molecule is CN1CC[C@]23c4c5ccc(O)c4O[C@H]2C(=O)CC[C@@]3(O)[C@@H]1[C@H]5O. The van der Waals surface area contributed by atoms with Crippen LogP contribution in [0, 0.1) is 0 Å². The van der Waals surface area contributed by atoms with E-state index in [2.05, 4.69) is 0 Å². The molecule has 2 fully saturated rings. The van der Waals surface area contributed by atoms with Crippen molar-refractivity contribution in [2.75, 3.05) is 13.6 Å². The van der Waals surface area contributed by atoms with E-state index in [4.69, 9.17) is 4.74 Å². The van der Waals surface area contributed by atoms with Crippen molar-refractivity contribution in [2.24, 2.45) is 0 Å². The van der Waals surface area contributed by atoms with Gasteiger partial charge >= 0.3 is 0 Å². The maximum atomic E-state index is 12.5. The number of hydrogen-bond acceptors (Lipinski definition) is 6. The van der Waals surface area contributed by atoms with Crippen LogP contribution in [0.15, 0.2) is 12.1 Å². The summed E-state index contributed by atoms with van der Waals surface area (Å²) in [6.07, 6.45) is -0.533. The average Bonchev–Trinajstić information content (AvgIpc) is 2.86. The Morgan fingerprint density at radius 3 is 2.91 bits per heavy atom. The summed E-state index contributed by atoms with van der Waals surface area (Å²) in [5.74, 6) is 0.200. The average molecular weight is 317 g/mol. The summed E-state index contributed by atoms with van der Waals surface area (Å²) in [5.41, 5.74) is -0.780. The summed E-state index contributed by atoms with van der Waals surface area (Å²) in [4.78, 5) is 14.5. The molecule has 23 heavy (non-hydrogen) atoms. The molecule has 1 saturated heterocycles. The molecule has 1 aromatic carbocycles. The van der Waals surface area contributed by atoms with Gasteiger partial charge in [0.05, 0.1) is 23.2 Å². The minimum atomic E-state index is -1.23. The molecule has 0 radical (unpaired) electrons. The van der Waals surface area contributed by atoms with E-state index < -0.39 is 29.3 Å². The van der Waals surface area contributed by atoms with Gasteiger partial charge in [0.2, 0.25) is 0 Å². The second-order valence-corrected chi connectivity index (χ2v) is 7.36. The summed E-state index contributed by atoms with van der Waals surface area (Å²) in [6, 6.07) is 2.71. The van der Waals surface area contributed by atoms with Gasteiger partial charge in [0.15, 0.2) is 23.4 Å². The van der Waals surface area contributed by atoms with Gasteiger partial charge in [-0.15, -0.1) is 0 Å². The summed E-state index contributed by atoms with van der Waals surface area (Å²) < 4.78 is 5.88. The van der Waals surface area contributed by atoms with Crippen LogP contribution in [0.3, 0.4) is 0 Å². The highest BCUT2D eigenvalue weighted by Crippen LogP contribution is 2.66. The number of likely N-dealkylation sites (tertiary alicyclic amines) is 1. The molecule has 0 amide bonds. The van der Waals surface area contributed by atoms with Gasteiger partial charge in [0.1, 0.15) is 0 Å². The summed E-state index contributed by atoms with van der Waals surface area (Å²) >= 11 is 0. The van der Waals surface area contributed by atoms with Gasteiger partial charge in [-0.1, -0.05) is 6.07 Å². The Kier molecular flexibility index (Phi) is 2.33. The van der Waals surface area contributed by atoms with Crippen molar-refractivity contribution < 1.29 is 24.9 Å². The molecular weight excluding hydrogens is 298 g/mol. The number of ketones is 1. The van der Waals surface area contributed by atoms with Crippen molar-refractivity contribution >= 4 is 5.78 Å². The van der Waals surface area contributed by atoms with E-state index >= 15 is 0 Å². The number of phenolic OH excluding ortho intramolecular Hbond substituents is 1. The number of rotatable bonds is 0. The third-order valence-electron chi connectivity index (χ3n) is 6.56. The fraction of sp³-hybridized carbons (Fsp3) is 0.588. The van der Waals surface area contributed by atoms with E-state index in [9.17, 15) is 20.1 Å². The van der Waals surface area contributed by atoms with E-state index in [-0.39, 0.29) is 23.7 Å². The first-order valence-electron chi connectivity index (χ1n) is 8.08. The number of carbonyl (C=O) groups excluding carboxylic acids is 1. The fourth-order valence-corrected chi connectivity index (χ4v) is 5.63. The Labute approximate surface area is 133 Å². The zero-order valence-corrected chi connectivity index (χ0v) is 12.8. The third-order valence-corrected chi connectivity index (χ3v) is 6.56. The number of aliphatic hydroxyl groups excluding tert-OH is 1. The van der Waals surface area contributed by atoms with Crippen molar-refractivity contribution in [1.82, 2.24) is 4.90 Å². The first kappa shape index (κ1) is 13.8. The molecule has 3 N–H and O–H groups in total. The van der Waals surface area contributed by atoms with E-state index in [0.717, 1.165) is 0 Å². The number of carbonyl (C=O) groups is 1. The van der Waals surface area contributed by atoms with Gasteiger partial charge in [-0.2, -0.15) is 0 Å². The molecule has 2 aliphatic heterocycles. The number of hydrogen-bond donors (Lipinski definition) is 3. The minimum absolute atomic E-state index is 0.0316. The number of aliphatic hydroxyl groups is 2. The zero-order chi connectivity index (χ0) is 16.1. The standard InChI is InChI=1S/C17H19NO5/c1-18-7-6-16-11-8-2-3-9(19)13(11)23-15(16)10(20)4-5-17(16,22)14(18)12(8)21/h2-3,12,14-15,19,21-22H,4-7H2,1H3/t12-,14-,15-,16-,17+/m0/s1. The van der Waals surface area contributed by atoms with Crippen molar-refractivity contribution in [3.8, 4) is 11.5 Å². The molecule has 5 atom stereocenters. The molecule has 2 bridgehead atoms. The first-order chi connectivity index (χ1) is 10.9. The van der Waals surface area contributed by atoms with Gasteiger partial charge in [-0.05, 0) is 38.1 Å². The number of phenols is 1. The van der Waals surface area contributed by atoms with Crippen LogP contribution < -0.4 is 4.74 Å². The molecule has 0 unspecified atom stereocenters. The van der Waals surface area contributed by atoms with Crippen LogP contribution in [-0.2, 0) is 10.2 Å². The van der Waals surface area contributed by atoms with Gasteiger partial charge in [0, 0.05) is 12.0 Å². The number of Topliss-reactive ketones (excluding diaryl/α,β-unsaturated/α-hetero) is 1. The lowest BCUT2D eigenvalue weighted by Gasteiger charge is -2.63. The molecule has 0 aromatic heterocycles. The molecule has 1 aromatic rings. The number of ether oxygens (including phenoxy) is 1. The first-order valence-corrected chi connectivity index (χ1v) is 8.08. The van der Waals surface area contributed by atoms with E-state index in [1.54, 1.807) is 6.07 Å². The molecular formula is C17H19NO5. The maximum Gasteiger partial charge on any atom is 0.174 e. The Morgan fingerprint density at radius 1 is 1.35 bits per heavy atom. The largest absolute Gasteiger partial charge is 0.504 e. The number of aromatic hydroxyl groups is 1. The molecule has 2 aliphatic carbocycles. The third kappa shape index (κ3) is 1.24. The fourth-order valence-electron chi connectivity index (χ4n) is 5.63. The Hall–Kier alpha value is -1.63. The van der Waals surface area contributed by atoms with Crippen molar-refractivity contribution in [2.45, 2.75) is 48.5 Å². The van der Waals surface area contributed by atoms with Crippen LogP contribution in [-0.4, -0.2) is 57.3 Å². The highest BCUT2D eigenvalue weighted by Gasteiger charge is 2.74. The van der Waals surface area contributed by atoms with Crippen LogP contribution in [0.25, 0.3) is 0 Å². The van der Waals surface area contributed by atoms with Crippen molar-refractivity contribution in [3.63, 3.8) is 0 Å². The topological polar surface area (TPSA) is 90.2 Å². The lowest BCUT2D eigenvalue weighted by atomic mass is 9.48. The smallest absolute Gasteiger partial charge is 0.174 e. The Morgan fingerprint density at radius 2 is 2.13 bits per heavy atom. The molecule has 1 spiro atoms. The summed E-state index contributed by atoms with van der Waals surface area (Å²) in [6.45, 7) is 0.658. The van der Waals surface area contributed by atoms with Crippen LogP contribution in [0.2, 0.25) is 0 Å². The number of piperidine rings is 1. The lowest BCUT2D eigenvalue weighted by molar-refractivity contribution is -0.206. The van der Waals surface area contributed by atoms with Crippen LogP contribution in [0.5, 0.6) is 11.5 Å².